The van der Waals surface area contributed by atoms with Crippen LogP contribution in [0.2, 0.25) is 0 Å². The number of carboxylic acid groups (broad SMARTS) is 1. The Morgan fingerprint density at radius 1 is 1.14 bits per heavy atom. The lowest BCUT2D eigenvalue weighted by atomic mass is 10.1. The minimum absolute atomic E-state index is 0.317. The Balaban J connectivity index is 0.000000279. The van der Waals surface area contributed by atoms with Gasteiger partial charge in [-0.05, 0) is 35.6 Å². The lowest BCUT2D eigenvalue weighted by molar-refractivity contribution is -0.192. The van der Waals surface area contributed by atoms with Gasteiger partial charge in [0.05, 0.1) is 0 Å². The van der Waals surface area contributed by atoms with Crippen molar-refractivity contribution in [2.24, 2.45) is 0 Å². The predicted molar refractivity (Wildman–Crippen MR) is 91.6 cm³/mol. The molecule has 146 valence electrons. The zero-order valence-electron chi connectivity index (χ0n) is 14.6. The number of aromatic nitrogens is 3. The van der Waals surface area contributed by atoms with Crippen LogP contribution in [-0.4, -0.2) is 32.4 Å². The summed E-state index contributed by atoms with van der Waals surface area (Å²) in [6.45, 7) is 0. The first kappa shape index (κ1) is 19.5. The molecule has 2 aromatic heterocycles. The van der Waals surface area contributed by atoms with E-state index in [4.69, 9.17) is 14.4 Å². The standard InChI is InChI=1S/C17H15N3O.C2HF3O2/c1-2-6-14-10-15(9-13(14)5-1)17-19-16(20-21-17)8-12-4-3-7-18-11-12;3-2(4,5)1(6)7/h1-7,11,15H,8-10H2;(H,6,7). The van der Waals surface area contributed by atoms with E-state index >= 15 is 0 Å². The van der Waals surface area contributed by atoms with Crippen LogP contribution in [0.25, 0.3) is 0 Å². The van der Waals surface area contributed by atoms with E-state index in [2.05, 4.69) is 39.4 Å². The van der Waals surface area contributed by atoms with Gasteiger partial charge in [0, 0.05) is 24.7 Å². The first-order chi connectivity index (χ1) is 13.3. The molecule has 1 aliphatic rings. The second-order valence-electron chi connectivity index (χ2n) is 6.26. The second-order valence-corrected chi connectivity index (χ2v) is 6.26. The third-order valence-electron chi connectivity index (χ3n) is 4.21. The van der Waals surface area contributed by atoms with E-state index in [0.29, 0.717) is 12.3 Å². The predicted octanol–water partition coefficient (Wildman–Crippen LogP) is 3.57. The summed E-state index contributed by atoms with van der Waals surface area (Å²) in [6, 6.07) is 12.5. The maximum Gasteiger partial charge on any atom is 0.490 e. The average molecular weight is 391 g/mol. The Morgan fingerprint density at radius 3 is 2.32 bits per heavy atom. The SMILES string of the molecule is O=C(O)C(F)(F)F.c1cncc(Cc2noc(C3Cc4ccccc4C3)n2)c1. The highest BCUT2D eigenvalue weighted by molar-refractivity contribution is 5.73. The van der Waals surface area contributed by atoms with Crippen LogP contribution in [0.4, 0.5) is 13.2 Å². The van der Waals surface area contributed by atoms with E-state index in [9.17, 15) is 13.2 Å². The molecule has 1 aliphatic carbocycles. The summed E-state index contributed by atoms with van der Waals surface area (Å²) in [5.41, 5.74) is 3.89. The summed E-state index contributed by atoms with van der Waals surface area (Å²) in [5.74, 6) is -0.955. The number of hydrogen-bond donors (Lipinski definition) is 1. The Morgan fingerprint density at radius 2 is 1.79 bits per heavy atom. The minimum atomic E-state index is -5.08. The van der Waals surface area contributed by atoms with Crippen LogP contribution in [0.5, 0.6) is 0 Å². The average Bonchev–Trinajstić information content (AvgIpc) is 3.28. The van der Waals surface area contributed by atoms with Crippen LogP contribution in [0.1, 0.15) is 34.3 Å². The van der Waals surface area contributed by atoms with Gasteiger partial charge in [0.25, 0.3) is 0 Å². The number of nitrogens with zero attached hydrogens (tertiary/aromatic N) is 3. The first-order valence-corrected chi connectivity index (χ1v) is 8.41. The highest BCUT2D eigenvalue weighted by atomic mass is 19.4. The Hall–Kier alpha value is -3.23. The van der Waals surface area contributed by atoms with Crippen LogP contribution < -0.4 is 0 Å². The summed E-state index contributed by atoms with van der Waals surface area (Å²) < 4.78 is 37.2. The Bertz CT molecular complexity index is 917. The van der Waals surface area contributed by atoms with E-state index in [-0.39, 0.29) is 0 Å². The van der Waals surface area contributed by atoms with Gasteiger partial charge in [-0.2, -0.15) is 18.2 Å². The number of halogens is 3. The van der Waals surface area contributed by atoms with Crippen LogP contribution >= 0.6 is 0 Å². The maximum atomic E-state index is 10.6. The molecule has 0 atom stereocenters. The van der Waals surface area contributed by atoms with Crippen molar-refractivity contribution >= 4 is 5.97 Å². The monoisotopic (exact) mass is 391 g/mol. The van der Waals surface area contributed by atoms with Gasteiger partial charge < -0.3 is 9.63 Å². The molecule has 0 radical (unpaired) electrons. The second kappa shape index (κ2) is 8.20. The number of aliphatic carboxylic acids is 1. The van der Waals surface area contributed by atoms with Crippen molar-refractivity contribution in [2.75, 3.05) is 0 Å². The molecular formula is C19H16F3N3O3. The van der Waals surface area contributed by atoms with Gasteiger partial charge in [-0.15, -0.1) is 0 Å². The van der Waals surface area contributed by atoms with Gasteiger partial charge in [-0.25, -0.2) is 4.79 Å². The number of hydrogen-bond acceptors (Lipinski definition) is 5. The number of benzene rings is 1. The third kappa shape index (κ3) is 4.93. The molecule has 1 N–H and O–H groups in total. The Kier molecular flexibility index (Phi) is 5.72. The van der Waals surface area contributed by atoms with E-state index in [1.807, 2.05) is 18.3 Å². The molecule has 28 heavy (non-hydrogen) atoms. The maximum absolute atomic E-state index is 10.6. The van der Waals surface area contributed by atoms with Crippen molar-refractivity contribution in [1.82, 2.24) is 15.1 Å². The van der Waals surface area contributed by atoms with E-state index in [1.54, 1.807) is 6.20 Å². The fourth-order valence-corrected chi connectivity index (χ4v) is 2.92. The molecule has 0 spiro atoms. The summed E-state index contributed by atoms with van der Waals surface area (Å²) in [6.07, 6.45) is 1.16. The topological polar surface area (TPSA) is 89.1 Å². The normalized spacial score (nSPS) is 13.5. The molecule has 6 nitrogen and oxygen atoms in total. The van der Waals surface area contributed by atoms with Gasteiger partial charge >= 0.3 is 12.1 Å². The lowest BCUT2D eigenvalue weighted by Crippen LogP contribution is -2.21. The summed E-state index contributed by atoms with van der Waals surface area (Å²) in [4.78, 5) is 17.6. The number of alkyl halides is 3. The minimum Gasteiger partial charge on any atom is -0.475 e. The Labute approximate surface area is 158 Å². The molecule has 0 unspecified atom stereocenters. The van der Waals surface area contributed by atoms with Gasteiger partial charge in [0.2, 0.25) is 5.89 Å². The summed E-state index contributed by atoms with van der Waals surface area (Å²) in [7, 11) is 0. The largest absolute Gasteiger partial charge is 0.490 e. The molecule has 0 bridgehead atoms. The van der Waals surface area contributed by atoms with Gasteiger partial charge in [0.1, 0.15) is 0 Å². The van der Waals surface area contributed by atoms with E-state index < -0.39 is 12.1 Å². The zero-order valence-corrected chi connectivity index (χ0v) is 14.6. The molecule has 4 rings (SSSR count). The molecule has 0 saturated heterocycles. The smallest absolute Gasteiger partial charge is 0.475 e. The van der Waals surface area contributed by atoms with Crippen molar-refractivity contribution in [1.29, 1.82) is 0 Å². The number of carbonyl (C=O) groups is 1. The fourth-order valence-electron chi connectivity index (χ4n) is 2.92. The van der Waals surface area contributed by atoms with Crippen molar-refractivity contribution in [2.45, 2.75) is 31.4 Å². The lowest BCUT2D eigenvalue weighted by Gasteiger charge is -2.00. The van der Waals surface area contributed by atoms with Crippen LogP contribution in [-0.2, 0) is 24.1 Å². The molecule has 0 fully saturated rings. The molecule has 9 heteroatoms. The fraction of sp³-hybridized carbons (Fsp3) is 0.263. The van der Waals surface area contributed by atoms with Gasteiger partial charge in [-0.1, -0.05) is 35.5 Å². The van der Waals surface area contributed by atoms with Crippen LogP contribution in [0.15, 0.2) is 53.3 Å². The molecule has 0 aliphatic heterocycles. The molecule has 0 amide bonds. The van der Waals surface area contributed by atoms with Crippen LogP contribution in [0, 0.1) is 0 Å². The van der Waals surface area contributed by atoms with Crippen molar-refractivity contribution in [3.8, 4) is 0 Å². The number of carboxylic acids is 1. The van der Waals surface area contributed by atoms with Crippen molar-refractivity contribution in [3.05, 3.63) is 77.2 Å². The zero-order chi connectivity index (χ0) is 20.1. The quantitative estimate of drug-likeness (QED) is 0.734. The summed E-state index contributed by atoms with van der Waals surface area (Å²) >= 11 is 0. The number of rotatable bonds is 3. The van der Waals surface area contributed by atoms with E-state index in [1.165, 1.54) is 11.1 Å². The van der Waals surface area contributed by atoms with Crippen LogP contribution in [0.3, 0.4) is 0 Å². The third-order valence-corrected chi connectivity index (χ3v) is 4.21. The van der Waals surface area contributed by atoms with Gasteiger partial charge in [0.15, 0.2) is 5.82 Å². The molecule has 3 aromatic rings. The van der Waals surface area contributed by atoms with Gasteiger partial charge in [-0.3, -0.25) is 4.98 Å². The molecule has 0 saturated carbocycles. The van der Waals surface area contributed by atoms with Crippen molar-refractivity contribution in [3.63, 3.8) is 0 Å². The van der Waals surface area contributed by atoms with E-state index in [0.717, 1.165) is 30.1 Å². The molecule has 1 aromatic carbocycles. The highest BCUT2D eigenvalue weighted by Crippen LogP contribution is 2.32. The summed E-state index contributed by atoms with van der Waals surface area (Å²) in [5, 5.41) is 11.2. The number of pyridine rings is 1. The van der Waals surface area contributed by atoms with Crippen molar-refractivity contribution < 1.29 is 27.6 Å². The number of fused-ring (bicyclic) bond motifs is 1. The molecular weight excluding hydrogens is 375 g/mol. The first-order valence-electron chi connectivity index (χ1n) is 8.41. The molecule has 2 heterocycles. The highest BCUT2D eigenvalue weighted by Gasteiger charge is 2.38.